The van der Waals surface area contributed by atoms with Gasteiger partial charge in [-0.25, -0.2) is 13.4 Å². The molecule has 7 nitrogen and oxygen atoms in total. The highest BCUT2D eigenvalue weighted by atomic mass is 32.2. The van der Waals surface area contributed by atoms with Crippen molar-refractivity contribution in [1.29, 1.82) is 0 Å². The first-order valence-corrected chi connectivity index (χ1v) is 12.8. The van der Waals surface area contributed by atoms with Crippen molar-refractivity contribution in [3.8, 4) is 0 Å². The molecular formula is C23H31N3O4S. The molecule has 1 atom stereocenters. The molecule has 1 saturated carbocycles. The van der Waals surface area contributed by atoms with Crippen LogP contribution in [0.25, 0.3) is 0 Å². The molecule has 1 saturated heterocycles. The van der Waals surface area contributed by atoms with E-state index in [1.54, 1.807) is 11.2 Å². The number of carbonyl (C=O) groups is 1. The molecular weight excluding hydrogens is 414 g/mol. The van der Waals surface area contributed by atoms with E-state index < -0.39 is 16.1 Å². The first-order valence-electron chi connectivity index (χ1n) is 11.3. The van der Waals surface area contributed by atoms with E-state index in [1.807, 2.05) is 30.3 Å². The largest absolute Gasteiger partial charge is 0.443 e. The number of sulfonamides is 1. The highest BCUT2D eigenvalue weighted by Gasteiger charge is 2.41. The molecule has 1 amide bonds. The van der Waals surface area contributed by atoms with Crippen LogP contribution < -0.4 is 5.32 Å². The van der Waals surface area contributed by atoms with E-state index in [1.165, 1.54) is 0 Å². The van der Waals surface area contributed by atoms with Gasteiger partial charge in [-0.05, 0) is 38.2 Å². The van der Waals surface area contributed by atoms with Crippen molar-refractivity contribution in [2.24, 2.45) is 0 Å². The summed E-state index contributed by atoms with van der Waals surface area (Å²) in [6.45, 7) is 2.59. The molecule has 2 aliphatic rings. The van der Waals surface area contributed by atoms with Crippen LogP contribution in [0.2, 0.25) is 0 Å². The number of aryl methyl sites for hydroxylation is 1. The van der Waals surface area contributed by atoms with Gasteiger partial charge in [-0.15, -0.1) is 0 Å². The quantitative estimate of drug-likeness (QED) is 0.723. The molecule has 0 spiro atoms. The summed E-state index contributed by atoms with van der Waals surface area (Å²) in [5, 5.41) is 2.56. The SMILES string of the molecule is Cc1oc([C@@H]2CCCCN2S(=O)(=O)C2CCCCC2)nc1C(=O)NCc1ccccc1. The lowest BCUT2D eigenvalue weighted by Crippen LogP contribution is -2.44. The standard InChI is InChI=1S/C23H31N3O4S/c1-17-21(22(27)24-16-18-10-4-2-5-11-18)25-23(30-17)20-14-8-9-15-26(20)31(28,29)19-12-6-3-7-13-19/h2,4-5,10-11,19-20H,3,6-9,12-16H2,1H3,(H,24,27)/t20-/m0/s1. The van der Waals surface area contributed by atoms with E-state index in [2.05, 4.69) is 10.3 Å². The van der Waals surface area contributed by atoms with Crippen LogP contribution in [0.5, 0.6) is 0 Å². The van der Waals surface area contributed by atoms with Crippen molar-refractivity contribution in [3.05, 3.63) is 53.2 Å². The molecule has 2 heterocycles. The Labute approximate surface area is 184 Å². The summed E-state index contributed by atoms with van der Waals surface area (Å²) in [6.07, 6.45) is 6.91. The second kappa shape index (κ2) is 9.53. The first kappa shape index (κ1) is 22.0. The maximum Gasteiger partial charge on any atom is 0.273 e. The summed E-state index contributed by atoms with van der Waals surface area (Å²) in [7, 11) is -3.42. The molecule has 8 heteroatoms. The molecule has 2 aromatic rings. The highest BCUT2D eigenvalue weighted by molar-refractivity contribution is 7.89. The fourth-order valence-corrected chi connectivity index (χ4v) is 6.89. The zero-order valence-corrected chi connectivity index (χ0v) is 18.9. The lowest BCUT2D eigenvalue weighted by atomic mass is 10.0. The van der Waals surface area contributed by atoms with Crippen LogP contribution >= 0.6 is 0 Å². The van der Waals surface area contributed by atoms with Crippen molar-refractivity contribution in [2.45, 2.75) is 76.1 Å². The number of hydrogen-bond acceptors (Lipinski definition) is 5. The van der Waals surface area contributed by atoms with E-state index in [0.29, 0.717) is 31.2 Å². The number of nitrogens with zero attached hydrogens (tertiary/aromatic N) is 2. The molecule has 31 heavy (non-hydrogen) atoms. The fourth-order valence-electron chi connectivity index (χ4n) is 4.64. The van der Waals surface area contributed by atoms with Gasteiger partial charge in [0.1, 0.15) is 11.8 Å². The minimum Gasteiger partial charge on any atom is -0.443 e. The number of amides is 1. The molecule has 1 N–H and O–H groups in total. The summed E-state index contributed by atoms with van der Waals surface area (Å²) in [6, 6.07) is 9.22. The van der Waals surface area contributed by atoms with Crippen LogP contribution in [0.15, 0.2) is 34.7 Å². The van der Waals surface area contributed by atoms with E-state index in [0.717, 1.165) is 50.5 Å². The number of nitrogens with one attached hydrogen (secondary N) is 1. The third-order valence-corrected chi connectivity index (χ3v) is 8.77. The molecule has 1 aliphatic heterocycles. The lowest BCUT2D eigenvalue weighted by molar-refractivity contribution is 0.0945. The van der Waals surface area contributed by atoms with Crippen molar-refractivity contribution in [3.63, 3.8) is 0 Å². The van der Waals surface area contributed by atoms with Crippen molar-refractivity contribution < 1.29 is 17.6 Å². The van der Waals surface area contributed by atoms with Gasteiger partial charge in [-0.2, -0.15) is 4.31 Å². The molecule has 1 aliphatic carbocycles. The third-order valence-electron chi connectivity index (χ3n) is 6.36. The summed E-state index contributed by atoms with van der Waals surface area (Å²) in [4.78, 5) is 17.2. The van der Waals surface area contributed by atoms with E-state index in [-0.39, 0.29) is 16.9 Å². The maximum absolute atomic E-state index is 13.4. The third kappa shape index (κ3) is 4.85. The molecule has 2 fully saturated rings. The Hall–Kier alpha value is -2.19. The smallest absolute Gasteiger partial charge is 0.273 e. The molecule has 168 valence electrons. The van der Waals surface area contributed by atoms with Crippen LogP contribution in [-0.2, 0) is 16.6 Å². The molecule has 0 bridgehead atoms. The Bertz CT molecular complexity index is 997. The summed E-state index contributed by atoms with van der Waals surface area (Å²) >= 11 is 0. The van der Waals surface area contributed by atoms with Gasteiger partial charge < -0.3 is 9.73 Å². The number of rotatable bonds is 6. The summed E-state index contributed by atoms with van der Waals surface area (Å²) in [5.74, 6) is 0.441. The Morgan fingerprint density at radius 1 is 1.10 bits per heavy atom. The molecule has 0 radical (unpaired) electrons. The van der Waals surface area contributed by atoms with Crippen LogP contribution in [0.1, 0.15) is 85.1 Å². The Morgan fingerprint density at radius 2 is 1.81 bits per heavy atom. The van der Waals surface area contributed by atoms with Gasteiger partial charge in [0.2, 0.25) is 15.9 Å². The van der Waals surface area contributed by atoms with Gasteiger partial charge in [0.05, 0.1) is 5.25 Å². The summed E-state index contributed by atoms with van der Waals surface area (Å²) in [5.41, 5.74) is 1.22. The zero-order valence-electron chi connectivity index (χ0n) is 18.0. The van der Waals surface area contributed by atoms with E-state index >= 15 is 0 Å². The number of piperidine rings is 1. The lowest BCUT2D eigenvalue weighted by Gasteiger charge is -2.36. The second-order valence-electron chi connectivity index (χ2n) is 8.55. The predicted molar refractivity (Wildman–Crippen MR) is 118 cm³/mol. The minimum atomic E-state index is -3.42. The number of benzene rings is 1. The van der Waals surface area contributed by atoms with Crippen LogP contribution in [0.3, 0.4) is 0 Å². The minimum absolute atomic E-state index is 0.228. The summed E-state index contributed by atoms with van der Waals surface area (Å²) < 4.78 is 34.2. The van der Waals surface area contributed by atoms with Gasteiger partial charge in [0.15, 0.2) is 5.69 Å². The Balaban J connectivity index is 1.52. The van der Waals surface area contributed by atoms with Crippen molar-refractivity contribution in [1.82, 2.24) is 14.6 Å². The maximum atomic E-state index is 13.4. The van der Waals surface area contributed by atoms with Gasteiger partial charge in [-0.1, -0.05) is 56.0 Å². The number of oxazole rings is 1. The Morgan fingerprint density at radius 3 is 2.55 bits per heavy atom. The van der Waals surface area contributed by atoms with Crippen LogP contribution in [-0.4, -0.2) is 35.4 Å². The van der Waals surface area contributed by atoms with Crippen LogP contribution in [0, 0.1) is 6.92 Å². The van der Waals surface area contributed by atoms with Crippen molar-refractivity contribution in [2.75, 3.05) is 6.54 Å². The molecule has 4 rings (SSSR count). The first-order chi connectivity index (χ1) is 15.0. The van der Waals surface area contributed by atoms with Gasteiger partial charge in [-0.3, -0.25) is 4.79 Å². The van der Waals surface area contributed by atoms with Gasteiger partial charge in [0.25, 0.3) is 5.91 Å². The average molecular weight is 446 g/mol. The normalized spacial score (nSPS) is 21.1. The van der Waals surface area contributed by atoms with E-state index in [4.69, 9.17) is 4.42 Å². The second-order valence-corrected chi connectivity index (χ2v) is 10.7. The van der Waals surface area contributed by atoms with Gasteiger partial charge in [0, 0.05) is 13.1 Å². The van der Waals surface area contributed by atoms with E-state index in [9.17, 15) is 13.2 Å². The zero-order chi connectivity index (χ0) is 21.8. The highest BCUT2D eigenvalue weighted by Crippen LogP contribution is 2.37. The van der Waals surface area contributed by atoms with Crippen LogP contribution in [0.4, 0.5) is 0 Å². The number of carbonyl (C=O) groups excluding carboxylic acids is 1. The molecule has 0 unspecified atom stereocenters. The number of aromatic nitrogens is 1. The monoisotopic (exact) mass is 445 g/mol. The topological polar surface area (TPSA) is 92.5 Å². The molecule has 1 aromatic heterocycles. The molecule has 1 aromatic carbocycles. The fraction of sp³-hybridized carbons (Fsp3) is 0.565. The Kier molecular flexibility index (Phi) is 6.77. The van der Waals surface area contributed by atoms with Crippen molar-refractivity contribution >= 4 is 15.9 Å². The predicted octanol–water partition coefficient (Wildman–Crippen LogP) is 4.10. The van der Waals surface area contributed by atoms with Gasteiger partial charge >= 0.3 is 0 Å². The number of hydrogen-bond donors (Lipinski definition) is 1. The average Bonchev–Trinajstić information content (AvgIpc) is 3.20.